The van der Waals surface area contributed by atoms with Gasteiger partial charge in [0, 0.05) is 20.7 Å². The van der Waals surface area contributed by atoms with Crippen LogP contribution >= 0.6 is 33.9 Å². The number of hydrogen-bond donors (Lipinski definition) is 0. The van der Waals surface area contributed by atoms with Crippen molar-refractivity contribution in [2.24, 2.45) is 0 Å². The van der Waals surface area contributed by atoms with Gasteiger partial charge in [-0.1, -0.05) is 23.2 Å². The fourth-order valence-electron chi connectivity index (χ4n) is 1.68. The average molecular weight is 315 g/mol. The minimum Gasteiger partial charge on any atom is -0.274 e. The van der Waals surface area contributed by atoms with Gasteiger partial charge in [0.15, 0.2) is 0 Å². The van der Waals surface area contributed by atoms with Crippen molar-refractivity contribution in [3.63, 3.8) is 0 Å². The van der Waals surface area contributed by atoms with Crippen molar-refractivity contribution in [2.75, 3.05) is 0 Å². The van der Waals surface area contributed by atoms with Gasteiger partial charge < -0.3 is 0 Å². The molecule has 0 radical (unpaired) electrons. The summed E-state index contributed by atoms with van der Waals surface area (Å²) in [5.41, 5.74) is 0.475. The number of hydrogen-bond acceptors (Lipinski definition) is 3. The van der Waals surface area contributed by atoms with E-state index in [9.17, 15) is 13.2 Å². The molecule has 17 heavy (non-hydrogen) atoms. The van der Waals surface area contributed by atoms with Crippen LogP contribution in [0.3, 0.4) is 0 Å². The summed E-state index contributed by atoms with van der Waals surface area (Å²) in [6.45, 7) is 0. The van der Waals surface area contributed by atoms with Crippen LogP contribution in [0.15, 0.2) is 18.2 Å². The monoisotopic (exact) mass is 313 g/mol. The molecule has 8 heteroatoms. The van der Waals surface area contributed by atoms with Crippen molar-refractivity contribution in [2.45, 2.75) is 12.5 Å². The van der Waals surface area contributed by atoms with E-state index in [1.54, 1.807) is 12.1 Å². The number of carbonyl (C=O) groups is 1. The van der Waals surface area contributed by atoms with Crippen molar-refractivity contribution in [1.29, 1.82) is 0 Å². The summed E-state index contributed by atoms with van der Waals surface area (Å²) in [5, 5.41) is 0.757. The van der Waals surface area contributed by atoms with Crippen LogP contribution in [-0.2, 0) is 14.0 Å². The van der Waals surface area contributed by atoms with E-state index < -0.39 is 21.2 Å². The molecule has 1 aromatic rings. The molecule has 4 nitrogen and oxygen atoms in total. The Labute approximate surface area is 113 Å². The predicted octanol–water partition coefficient (Wildman–Crippen LogP) is 2.75. The molecule has 0 aliphatic carbocycles. The number of halogens is 3. The van der Waals surface area contributed by atoms with E-state index >= 15 is 0 Å². The van der Waals surface area contributed by atoms with E-state index in [0.717, 1.165) is 0 Å². The molecule has 1 atom stereocenters. The van der Waals surface area contributed by atoms with E-state index in [0.29, 0.717) is 19.9 Å². The SMILES string of the molecule is O=C1CC(c2cc(Cl)ccc2Cl)N1S(=O)(=O)Cl. The van der Waals surface area contributed by atoms with Crippen LogP contribution in [0.2, 0.25) is 10.0 Å². The van der Waals surface area contributed by atoms with Gasteiger partial charge in [-0.3, -0.25) is 4.79 Å². The zero-order chi connectivity index (χ0) is 12.8. The molecule has 1 saturated heterocycles. The van der Waals surface area contributed by atoms with Gasteiger partial charge in [0.25, 0.3) is 0 Å². The highest BCUT2D eigenvalue weighted by molar-refractivity contribution is 8.12. The minimum absolute atomic E-state index is 0.0476. The maximum Gasteiger partial charge on any atom is 0.324 e. The lowest BCUT2D eigenvalue weighted by molar-refractivity contribution is -0.137. The Bertz CT molecular complexity index is 587. The highest BCUT2D eigenvalue weighted by Crippen LogP contribution is 2.41. The third-order valence-electron chi connectivity index (χ3n) is 2.45. The lowest BCUT2D eigenvalue weighted by Gasteiger charge is -2.37. The summed E-state index contributed by atoms with van der Waals surface area (Å²) in [5.74, 6) is -0.555. The third-order valence-corrected chi connectivity index (χ3v) is 4.40. The van der Waals surface area contributed by atoms with Crippen LogP contribution < -0.4 is 0 Å². The molecule has 1 aliphatic rings. The molecule has 0 bridgehead atoms. The highest BCUT2D eigenvalue weighted by Gasteiger charge is 2.45. The first kappa shape index (κ1) is 13.0. The lowest BCUT2D eigenvalue weighted by Crippen LogP contribution is -2.48. The second-order valence-electron chi connectivity index (χ2n) is 3.52. The molecule has 0 spiro atoms. The minimum atomic E-state index is -4.09. The topological polar surface area (TPSA) is 54.5 Å². The van der Waals surface area contributed by atoms with Crippen molar-refractivity contribution in [3.8, 4) is 0 Å². The summed E-state index contributed by atoms with van der Waals surface area (Å²) in [7, 11) is 1.08. The second kappa shape index (κ2) is 4.31. The van der Waals surface area contributed by atoms with Gasteiger partial charge in [-0.05, 0) is 23.8 Å². The van der Waals surface area contributed by atoms with Gasteiger partial charge in [-0.2, -0.15) is 8.42 Å². The first-order chi connectivity index (χ1) is 7.80. The molecule has 1 heterocycles. The quantitative estimate of drug-likeness (QED) is 0.623. The van der Waals surface area contributed by atoms with E-state index in [1.165, 1.54) is 6.07 Å². The molecule has 92 valence electrons. The van der Waals surface area contributed by atoms with Gasteiger partial charge >= 0.3 is 9.24 Å². The first-order valence-electron chi connectivity index (χ1n) is 4.52. The maximum absolute atomic E-state index is 11.2. The second-order valence-corrected chi connectivity index (χ2v) is 6.75. The highest BCUT2D eigenvalue weighted by atomic mass is 35.7. The molecule has 1 amide bonds. The van der Waals surface area contributed by atoms with Gasteiger partial charge in [-0.25, -0.2) is 4.31 Å². The van der Waals surface area contributed by atoms with Crippen LogP contribution in [-0.4, -0.2) is 18.6 Å². The van der Waals surface area contributed by atoms with Gasteiger partial charge in [0.2, 0.25) is 5.91 Å². The van der Waals surface area contributed by atoms with Crippen LogP contribution in [0, 0.1) is 0 Å². The number of carbonyl (C=O) groups excluding carboxylic acids is 1. The molecule has 0 N–H and O–H groups in total. The Morgan fingerprint density at radius 1 is 1.29 bits per heavy atom. The Balaban J connectivity index is 2.42. The zero-order valence-corrected chi connectivity index (χ0v) is 11.3. The zero-order valence-electron chi connectivity index (χ0n) is 8.23. The summed E-state index contributed by atoms with van der Waals surface area (Å²) in [6.07, 6.45) is 0.0476. The molecule has 1 fully saturated rings. The maximum atomic E-state index is 11.2. The average Bonchev–Trinajstić information content (AvgIpc) is 2.15. The van der Waals surface area contributed by atoms with E-state index in [-0.39, 0.29) is 6.42 Å². The molecule has 1 aromatic carbocycles. The standard InChI is InChI=1S/C9H6Cl3NO3S/c10-5-1-2-7(11)6(3-5)8-4-9(14)13(8)17(12,15)16/h1-3,8H,4H2. The summed E-state index contributed by atoms with van der Waals surface area (Å²) < 4.78 is 23.0. The van der Waals surface area contributed by atoms with Crippen molar-refractivity contribution >= 4 is 49.0 Å². The van der Waals surface area contributed by atoms with Gasteiger partial charge in [-0.15, -0.1) is 0 Å². The van der Waals surface area contributed by atoms with Gasteiger partial charge in [0.1, 0.15) is 0 Å². The third kappa shape index (κ3) is 2.38. The largest absolute Gasteiger partial charge is 0.324 e. The fraction of sp³-hybridized carbons (Fsp3) is 0.222. The molecule has 0 saturated carbocycles. The number of nitrogens with zero attached hydrogens (tertiary/aromatic N) is 1. The summed E-state index contributed by atoms with van der Waals surface area (Å²) in [6, 6.07) is 3.97. The van der Waals surface area contributed by atoms with Crippen LogP contribution in [0.4, 0.5) is 0 Å². The predicted molar refractivity (Wildman–Crippen MR) is 65.4 cm³/mol. The Hall–Kier alpha value is -0.490. The summed E-state index contributed by atoms with van der Waals surface area (Å²) >= 11 is 11.7. The van der Waals surface area contributed by atoms with Crippen molar-refractivity contribution in [3.05, 3.63) is 33.8 Å². The number of β-lactam (4-membered cyclic amide) rings is 1. The van der Waals surface area contributed by atoms with Crippen molar-refractivity contribution in [1.82, 2.24) is 4.31 Å². The summed E-state index contributed by atoms with van der Waals surface area (Å²) in [4.78, 5) is 11.2. The van der Waals surface area contributed by atoms with Gasteiger partial charge in [0.05, 0.1) is 12.5 Å². The van der Waals surface area contributed by atoms with E-state index in [2.05, 4.69) is 0 Å². The van der Waals surface area contributed by atoms with Crippen LogP contribution in [0.25, 0.3) is 0 Å². The van der Waals surface area contributed by atoms with Crippen molar-refractivity contribution < 1.29 is 13.2 Å². The molecule has 0 aromatic heterocycles. The van der Waals surface area contributed by atoms with E-state index in [1.807, 2.05) is 0 Å². The smallest absolute Gasteiger partial charge is 0.274 e. The first-order valence-corrected chi connectivity index (χ1v) is 7.54. The normalized spacial score (nSPS) is 20.3. The van der Waals surface area contributed by atoms with Crippen LogP contribution in [0.1, 0.15) is 18.0 Å². The Kier molecular flexibility index (Phi) is 3.29. The molecule has 1 unspecified atom stereocenters. The lowest BCUT2D eigenvalue weighted by atomic mass is 9.97. The number of rotatable bonds is 2. The Morgan fingerprint density at radius 3 is 2.47 bits per heavy atom. The number of benzene rings is 1. The molecule has 1 aliphatic heterocycles. The molecule has 2 rings (SSSR count). The fourth-order valence-corrected chi connectivity index (χ4v) is 3.43. The molecular weight excluding hydrogens is 309 g/mol. The van der Waals surface area contributed by atoms with E-state index in [4.69, 9.17) is 33.9 Å². The Morgan fingerprint density at radius 2 is 1.94 bits per heavy atom. The molecular formula is C9H6Cl3NO3S. The number of amides is 1. The van der Waals surface area contributed by atoms with Crippen LogP contribution in [0.5, 0.6) is 0 Å².